The predicted molar refractivity (Wildman–Crippen MR) is 60.1 cm³/mol. The summed E-state index contributed by atoms with van der Waals surface area (Å²) in [5, 5.41) is 11.3. The van der Waals surface area contributed by atoms with Crippen molar-refractivity contribution < 1.29 is 4.92 Å². The third-order valence-electron chi connectivity index (χ3n) is 1.90. The molecule has 6 heteroatoms. The SMILES string of the molecule is Nc1c([N+](=O)[O-])ccc2sc(S)cc12. The zero-order valence-corrected chi connectivity index (χ0v) is 8.64. The van der Waals surface area contributed by atoms with Gasteiger partial charge in [-0.05, 0) is 12.1 Å². The fraction of sp³-hybridized carbons (Fsp3) is 0. The molecule has 4 nitrogen and oxygen atoms in total. The molecule has 0 bridgehead atoms. The number of rotatable bonds is 1. The molecule has 0 unspecified atom stereocenters. The lowest BCUT2D eigenvalue weighted by atomic mass is 10.2. The van der Waals surface area contributed by atoms with Gasteiger partial charge in [0.2, 0.25) is 0 Å². The highest BCUT2D eigenvalue weighted by atomic mass is 32.2. The Balaban J connectivity index is 2.80. The minimum absolute atomic E-state index is 0.0522. The van der Waals surface area contributed by atoms with E-state index in [0.717, 1.165) is 8.91 Å². The fourth-order valence-corrected chi connectivity index (χ4v) is 2.51. The Bertz CT molecular complexity index is 521. The van der Waals surface area contributed by atoms with Crippen molar-refractivity contribution in [3.05, 3.63) is 28.3 Å². The second kappa shape index (κ2) is 3.14. The van der Waals surface area contributed by atoms with Crippen LogP contribution in [-0.2, 0) is 0 Å². The first-order valence-electron chi connectivity index (χ1n) is 3.75. The number of nitro groups is 1. The van der Waals surface area contributed by atoms with Crippen molar-refractivity contribution in [1.82, 2.24) is 0 Å². The number of thiol groups is 1. The summed E-state index contributed by atoms with van der Waals surface area (Å²) in [6.07, 6.45) is 0. The van der Waals surface area contributed by atoms with E-state index in [-0.39, 0.29) is 11.4 Å². The van der Waals surface area contributed by atoms with Gasteiger partial charge in [-0.25, -0.2) is 0 Å². The molecule has 1 aromatic heterocycles. The van der Waals surface area contributed by atoms with Crippen LogP contribution >= 0.6 is 24.0 Å². The predicted octanol–water partition coefficient (Wildman–Crippen LogP) is 2.68. The Morgan fingerprint density at radius 2 is 2.21 bits per heavy atom. The Labute approximate surface area is 88.9 Å². The van der Waals surface area contributed by atoms with Gasteiger partial charge in [0.1, 0.15) is 5.69 Å². The van der Waals surface area contributed by atoms with Crippen LogP contribution in [0.2, 0.25) is 0 Å². The summed E-state index contributed by atoms with van der Waals surface area (Å²) in [6.45, 7) is 0. The Kier molecular flexibility index (Phi) is 2.09. The molecule has 0 radical (unpaired) electrons. The normalized spacial score (nSPS) is 10.6. The van der Waals surface area contributed by atoms with Gasteiger partial charge < -0.3 is 5.73 Å². The fourth-order valence-electron chi connectivity index (χ4n) is 1.27. The molecule has 1 aromatic carbocycles. The lowest BCUT2D eigenvalue weighted by molar-refractivity contribution is -0.383. The van der Waals surface area contributed by atoms with Crippen LogP contribution in [0, 0.1) is 10.1 Å². The van der Waals surface area contributed by atoms with Crippen LogP contribution in [-0.4, -0.2) is 4.92 Å². The largest absolute Gasteiger partial charge is 0.393 e. The molecular weight excluding hydrogens is 220 g/mol. The molecule has 0 amide bonds. The average molecular weight is 226 g/mol. The standard InChI is InChI=1S/C8H6N2O2S2/c9-8-4-3-7(13)14-6(4)2-1-5(8)10(11)12/h1-3,13H,9H2. The van der Waals surface area contributed by atoms with Crippen molar-refractivity contribution >= 4 is 45.4 Å². The summed E-state index contributed by atoms with van der Waals surface area (Å²) in [7, 11) is 0. The molecule has 14 heavy (non-hydrogen) atoms. The zero-order chi connectivity index (χ0) is 10.3. The van der Waals surface area contributed by atoms with E-state index in [1.54, 1.807) is 12.1 Å². The zero-order valence-electron chi connectivity index (χ0n) is 6.93. The molecule has 72 valence electrons. The van der Waals surface area contributed by atoms with Gasteiger partial charge in [-0.15, -0.1) is 24.0 Å². The summed E-state index contributed by atoms with van der Waals surface area (Å²) >= 11 is 5.62. The number of nitrogens with two attached hydrogens (primary N) is 1. The topological polar surface area (TPSA) is 69.2 Å². The number of hydrogen-bond acceptors (Lipinski definition) is 5. The van der Waals surface area contributed by atoms with E-state index in [9.17, 15) is 10.1 Å². The van der Waals surface area contributed by atoms with Gasteiger partial charge in [0.25, 0.3) is 5.69 Å². The highest BCUT2D eigenvalue weighted by Gasteiger charge is 2.14. The molecule has 0 saturated carbocycles. The molecular formula is C8H6N2O2S2. The highest BCUT2D eigenvalue weighted by Crippen LogP contribution is 2.36. The van der Waals surface area contributed by atoms with E-state index < -0.39 is 4.92 Å². The molecule has 0 aliphatic carbocycles. The summed E-state index contributed by atoms with van der Waals surface area (Å²) < 4.78 is 1.71. The Morgan fingerprint density at radius 3 is 2.86 bits per heavy atom. The number of fused-ring (bicyclic) bond motifs is 1. The van der Waals surface area contributed by atoms with Crippen molar-refractivity contribution in [3.63, 3.8) is 0 Å². The van der Waals surface area contributed by atoms with Crippen LogP contribution in [0.5, 0.6) is 0 Å². The van der Waals surface area contributed by atoms with Crippen molar-refractivity contribution in [2.45, 2.75) is 4.21 Å². The van der Waals surface area contributed by atoms with Crippen LogP contribution in [0.4, 0.5) is 11.4 Å². The third-order valence-corrected chi connectivity index (χ3v) is 3.21. The number of nitrogens with zero attached hydrogens (tertiary/aromatic N) is 1. The molecule has 0 saturated heterocycles. The molecule has 0 aliphatic rings. The average Bonchev–Trinajstić information content (AvgIpc) is 2.46. The van der Waals surface area contributed by atoms with Gasteiger partial charge in [-0.2, -0.15) is 0 Å². The van der Waals surface area contributed by atoms with E-state index in [1.807, 2.05) is 0 Å². The number of thiophene rings is 1. The van der Waals surface area contributed by atoms with E-state index >= 15 is 0 Å². The van der Waals surface area contributed by atoms with E-state index in [4.69, 9.17) is 5.73 Å². The maximum absolute atomic E-state index is 10.6. The molecule has 0 fully saturated rings. The summed E-state index contributed by atoms with van der Waals surface area (Å²) in [6, 6.07) is 4.85. The Hall–Kier alpha value is -1.27. The highest BCUT2D eigenvalue weighted by molar-refractivity contribution is 7.83. The molecule has 1 heterocycles. The van der Waals surface area contributed by atoms with Crippen molar-refractivity contribution in [3.8, 4) is 0 Å². The first kappa shape index (κ1) is 9.29. The smallest absolute Gasteiger partial charge is 0.292 e. The number of benzene rings is 1. The van der Waals surface area contributed by atoms with Crippen LogP contribution in [0.15, 0.2) is 22.4 Å². The lowest BCUT2D eigenvalue weighted by Gasteiger charge is -1.97. The number of anilines is 1. The van der Waals surface area contributed by atoms with Gasteiger partial charge in [0.05, 0.1) is 9.13 Å². The van der Waals surface area contributed by atoms with Crippen LogP contribution in [0.1, 0.15) is 0 Å². The molecule has 0 aliphatic heterocycles. The third kappa shape index (κ3) is 1.32. The summed E-state index contributed by atoms with van der Waals surface area (Å²) in [5.74, 6) is 0. The molecule has 2 aromatic rings. The van der Waals surface area contributed by atoms with Gasteiger partial charge in [0.15, 0.2) is 0 Å². The minimum Gasteiger partial charge on any atom is -0.393 e. The first-order chi connectivity index (χ1) is 6.59. The maximum atomic E-state index is 10.6. The van der Waals surface area contributed by atoms with E-state index in [1.165, 1.54) is 17.4 Å². The Morgan fingerprint density at radius 1 is 1.50 bits per heavy atom. The molecule has 2 rings (SSSR count). The van der Waals surface area contributed by atoms with Crippen molar-refractivity contribution in [2.24, 2.45) is 0 Å². The maximum Gasteiger partial charge on any atom is 0.292 e. The summed E-state index contributed by atoms with van der Waals surface area (Å²) in [5.41, 5.74) is 5.82. The van der Waals surface area contributed by atoms with Gasteiger partial charge in [-0.3, -0.25) is 10.1 Å². The molecule has 2 N–H and O–H groups in total. The van der Waals surface area contributed by atoms with Crippen LogP contribution in [0.3, 0.4) is 0 Å². The molecule has 0 spiro atoms. The number of nitro benzene ring substituents is 1. The quantitative estimate of drug-likeness (QED) is 0.340. The first-order valence-corrected chi connectivity index (χ1v) is 5.01. The van der Waals surface area contributed by atoms with Crippen molar-refractivity contribution in [1.29, 1.82) is 0 Å². The van der Waals surface area contributed by atoms with Crippen molar-refractivity contribution in [2.75, 3.05) is 5.73 Å². The lowest BCUT2D eigenvalue weighted by Crippen LogP contribution is -1.94. The van der Waals surface area contributed by atoms with Gasteiger partial charge in [-0.1, -0.05) is 0 Å². The van der Waals surface area contributed by atoms with E-state index in [2.05, 4.69) is 12.6 Å². The summed E-state index contributed by atoms with van der Waals surface area (Å²) in [4.78, 5) is 10.1. The molecule has 0 atom stereocenters. The monoisotopic (exact) mass is 226 g/mol. The van der Waals surface area contributed by atoms with Gasteiger partial charge in [0, 0.05) is 16.2 Å². The van der Waals surface area contributed by atoms with E-state index in [0.29, 0.717) is 5.39 Å². The van der Waals surface area contributed by atoms with Crippen LogP contribution < -0.4 is 5.73 Å². The second-order valence-electron chi connectivity index (χ2n) is 2.75. The second-order valence-corrected chi connectivity index (χ2v) is 4.62. The number of hydrogen-bond donors (Lipinski definition) is 2. The minimum atomic E-state index is -0.482. The number of nitrogen functional groups attached to an aromatic ring is 1. The van der Waals surface area contributed by atoms with Crippen LogP contribution in [0.25, 0.3) is 10.1 Å². The van der Waals surface area contributed by atoms with Gasteiger partial charge >= 0.3 is 0 Å².